The minimum absolute atomic E-state index is 0.0529. The Morgan fingerprint density at radius 1 is 1.16 bits per heavy atom. The smallest absolute Gasteiger partial charge is 0.247 e. The second-order valence-electron chi connectivity index (χ2n) is 8.45. The number of aliphatic hydroxyl groups is 1. The van der Waals surface area contributed by atoms with E-state index >= 15 is 0 Å². The lowest BCUT2D eigenvalue weighted by Crippen LogP contribution is -2.49. The first kappa shape index (κ1) is 23.5. The fourth-order valence-corrected chi connectivity index (χ4v) is 5.51. The maximum absolute atomic E-state index is 13.4. The Kier molecular flexibility index (Phi) is 7.54. The third kappa shape index (κ3) is 5.54. The number of aliphatic hydroxyl groups excluding tert-OH is 1. The van der Waals surface area contributed by atoms with Crippen molar-refractivity contribution >= 4 is 22.2 Å². The van der Waals surface area contributed by atoms with Gasteiger partial charge in [0, 0.05) is 25.0 Å². The van der Waals surface area contributed by atoms with E-state index in [0.29, 0.717) is 12.3 Å². The molecule has 0 aromatic heterocycles. The molecule has 1 aliphatic heterocycles. The van der Waals surface area contributed by atoms with Crippen LogP contribution in [0, 0.1) is 5.92 Å². The lowest BCUT2D eigenvalue weighted by Gasteiger charge is -2.37. The van der Waals surface area contributed by atoms with Gasteiger partial charge in [-0.15, -0.1) is 0 Å². The maximum atomic E-state index is 13.4. The lowest BCUT2D eigenvalue weighted by molar-refractivity contribution is 0.0812. The summed E-state index contributed by atoms with van der Waals surface area (Å²) in [6.07, 6.45) is 3.74. The van der Waals surface area contributed by atoms with Crippen LogP contribution in [0.1, 0.15) is 25.0 Å². The van der Waals surface area contributed by atoms with Crippen molar-refractivity contribution in [1.82, 2.24) is 9.21 Å². The van der Waals surface area contributed by atoms with E-state index in [1.54, 1.807) is 25.1 Å². The molecule has 3 rings (SSSR count). The third-order valence-corrected chi connectivity index (χ3v) is 7.52. The molecule has 0 fully saturated rings. The summed E-state index contributed by atoms with van der Waals surface area (Å²) >= 11 is 0. The Morgan fingerprint density at radius 2 is 1.84 bits per heavy atom. The predicted octanol–water partition coefficient (Wildman–Crippen LogP) is 3.19. The van der Waals surface area contributed by atoms with E-state index in [9.17, 15) is 13.5 Å². The van der Waals surface area contributed by atoms with Crippen LogP contribution in [0.15, 0.2) is 53.4 Å². The van der Waals surface area contributed by atoms with E-state index in [1.807, 2.05) is 68.4 Å². The van der Waals surface area contributed by atoms with Crippen molar-refractivity contribution in [2.45, 2.75) is 30.9 Å². The zero-order chi connectivity index (χ0) is 22.6. The van der Waals surface area contributed by atoms with Gasteiger partial charge in [-0.3, -0.25) is 0 Å². The molecule has 0 spiro atoms. The summed E-state index contributed by atoms with van der Waals surface area (Å²) < 4.78 is 34.6. The number of hydrogen-bond donors (Lipinski definition) is 1. The molecule has 31 heavy (non-hydrogen) atoms. The van der Waals surface area contributed by atoms with Crippen LogP contribution in [0.3, 0.4) is 0 Å². The molecular weight excluding hydrogens is 412 g/mol. The number of sulfonamides is 1. The first-order chi connectivity index (χ1) is 14.7. The topological polar surface area (TPSA) is 70.1 Å². The highest BCUT2D eigenvalue weighted by Gasteiger charge is 2.37. The monoisotopic (exact) mass is 444 g/mol. The van der Waals surface area contributed by atoms with Crippen molar-refractivity contribution in [3.05, 3.63) is 59.7 Å². The Labute approximate surface area is 185 Å². The first-order valence-corrected chi connectivity index (χ1v) is 12.0. The summed E-state index contributed by atoms with van der Waals surface area (Å²) in [7, 11) is 0.132. The normalized spacial score (nSPS) is 22.5. The third-order valence-electron chi connectivity index (χ3n) is 5.50. The second kappa shape index (κ2) is 9.96. The van der Waals surface area contributed by atoms with Crippen LogP contribution in [0.4, 0.5) is 0 Å². The van der Waals surface area contributed by atoms with Gasteiger partial charge in [-0.2, -0.15) is 4.31 Å². The Bertz CT molecular complexity index is 1010. The molecule has 0 saturated heterocycles. The Hall–Kier alpha value is -2.19. The molecule has 0 radical (unpaired) electrons. The Morgan fingerprint density at radius 3 is 2.48 bits per heavy atom. The van der Waals surface area contributed by atoms with Gasteiger partial charge in [-0.25, -0.2) is 8.42 Å². The molecule has 0 unspecified atom stereocenters. The van der Waals surface area contributed by atoms with E-state index in [1.165, 1.54) is 4.31 Å². The van der Waals surface area contributed by atoms with Gasteiger partial charge in [0.05, 0.1) is 6.61 Å². The van der Waals surface area contributed by atoms with Crippen molar-refractivity contribution in [1.29, 1.82) is 0 Å². The highest BCUT2D eigenvalue weighted by atomic mass is 32.2. The van der Waals surface area contributed by atoms with Gasteiger partial charge in [0.25, 0.3) is 0 Å². The molecule has 6 nitrogen and oxygen atoms in total. The zero-order valence-corrected chi connectivity index (χ0v) is 19.4. The largest absolute Gasteiger partial charge is 0.487 e. The summed E-state index contributed by atoms with van der Waals surface area (Å²) in [5, 5.41) is 9.69. The van der Waals surface area contributed by atoms with Crippen LogP contribution in [0.25, 0.3) is 12.2 Å². The zero-order valence-electron chi connectivity index (χ0n) is 18.6. The molecule has 1 aliphatic rings. The summed E-state index contributed by atoms with van der Waals surface area (Å²) in [6, 6.07) is 14.6. The number of ether oxygens (including phenoxy) is 1. The molecule has 0 bridgehead atoms. The molecule has 2 aromatic carbocycles. The van der Waals surface area contributed by atoms with E-state index in [0.717, 1.165) is 11.1 Å². The van der Waals surface area contributed by atoms with Gasteiger partial charge in [0.15, 0.2) is 0 Å². The van der Waals surface area contributed by atoms with Gasteiger partial charge < -0.3 is 14.7 Å². The molecule has 0 aliphatic carbocycles. The molecule has 7 heteroatoms. The number of likely N-dealkylation sites (N-methyl/N-ethyl adjacent to an activating group) is 1. The van der Waals surface area contributed by atoms with Crippen LogP contribution in [0.2, 0.25) is 0 Å². The standard InChI is InChI=1S/C24H32N2O4S/c1-18-15-26(19(2)17-27)31(28,29)24-13-12-21(11-10-20-8-6-5-7-9-20)14-22(24)30-23(18)16-25(3)4/h5-14,18-19,23,27H,15-17H2,1-4H3/b11-10+/t18-,19+,23+/m0/s1. The minimum atomic E-state index is -3.81. The average molecular weight is 445 g/mol. The molecule has 0 amide bonds. The molecule has 0 saturated carbocycles. The molecule has 3 atom stereocenters. The highest BCUT2D eigenvalue weighted by Crippen LogP contribution is 2.34. The van der Waals surface area contributed by atoms with Crippen LogP contribution in [-0.4, -0.2) is 68.7 Å². The minimum Gasteiger partial charge on any atom is -0.487 e. The number of benzene rings is 2. The van der Waals surface area contributed by atoms with Gasteiger partial charge in [0.1, 0.15) is 16.7 Å². The van der Waals surface area contributed by atoms with Crippen molar-refractivity contribution in [2.75, 3.05) is 33.8 Å². The van der Waals surface area contributed by atoms with Gasteiger partial charge >= 0.3 is 0 Å². The SMILES string of the molecule is C[C@H](CO)N1C[C@H](C)[C@@H](CN(C)C)Oc2cc(/C=C/c3ccccc3)ccc2S1(=O)=O. The second-order valence-corrected chi connectivity index (χ2v) is 10.3. The fourth-order valence-electron chi connectivity index (χ4n) is 3.68. The predicted molar refractivity (Wildman–Crippen MR) is 124 cm³/mol. The van der Waals surface area contributed by atoms with E-state index < -0.39 is 16.1 Å². The van der Waals surface area contributed by atoms with Crippen molar-refractivity contribution in [3.63, 3.8) is 0 Å². The number of rotatable bonds is 6. The summed E-state index contributed by atoms with van der Waals surface area (Å²) in [4.78, 5) is 2.18. The van der Waals surface area contributed by atoms with Crippen molar-refractivity contribution in [2.24, 2.45) is 5.92 Å². The lowest BCUT2D eigenvalue weighted by atomic mass is 10.0. The molecule has 168 valence electrons. The highest BCUT2D eigenvalue weighted by molar-refractivity contribution is 7.89. The quantitative estimate of drug-likeness (QED) is 0.693. The van der Waals surface area contributed by atoms with Gasteiger partial charge in [-0.1, -0.05) is 55.5 Å². The summed E-state index contributed by atoms with van der Waals surface area (Å²) in [5.41, 5.74) is 1.92. The molecule has 2 aromatic rings. The number of fused-ring (bicyclic) bond motifs is 1. The van der Waals surface area contributed by atoms with Crippen LogP contribution in [-0.2, 0) is 10.0 Å². The number of nitrogens with zero attached hydrogens (tertiary/aromatic N) is 2. The maximum Gasteiger partial charge on any atom is 0.247 e. The van der Waals surface area contributed by atoms with E-state index in [4.69, 9.17) is 4.74 Å². The number of hydrogen-bond acceptors (Lipinski definition) is 5. The van der Waals surface area contributed by atoms with E-state index in [2.05, 4.69) is 0 Å². The first-order valence-electron chi connectivity index (χ1n) is 10.5. The molecule has 1 N–H and O–H groups in total. The van der Waals surface area contributed by atoms with Gasteiger partial charge in [-0.05, 0) is 44.3 Å². The van der Waals surface area contributed by atoms with Crippen molar-refractivity contribution in [3.8, 4) is 5.75 Å². The van der Waals surface area contributed by atoms with Crippen LogP contribution < -0.4 is 4.74 Å². The fraction of sp³-hybridized carbons (Fsp3) is 0.417. The summed E-state index contributed by atoms with van der Waals surface area (Å²) in [6.45, 7) is 4.43. The Balaban J connectivity index is 2.05. The van der Waals surface area contributed by atoms with Crippen molar-refractivity contribution < 1.29 is 18.3 Å². The van der Waals surface area contributed by atoms with Crippen LogP contribution >= 0.6 is 0 Å². The van der Waals surface area contributed by atoms with E-state index in [-0.39, 0.29) is 30.1 Å². The molecule has 1 heterocycles. The molecular formula is C24H32N2O4S. The summed E-state index contributed by atoms with van der Waals surface area (Å²) in [5.74, 6) is 0.298. The average Bonchev–Trinajstić information content (AvgIpc) is 2.74. The van der Waals surface area contributed by atoms with Crippen LogP contribution in [0.5, 0.6) is 5.75 Å². The van der Waals surface area contributed by atoms with Gasteiger partial charge in [0.2, 0.25) is 10.0 Å².